The van der Waals surface area contributed by atoms with Gasteiger partial charge in [-0.1, -0.05) is 5.16 Å². The van der Waals surface area contributed by atoms with E-state index in [-0.39, 0.29) is 5.56 Å². The van der Waals surface area contributed by atoms with E-state index in [9.17, 15) is 18.4 Å². The molecule has 31 heavy (non-hydrogen) atoms. The molecule has 3 heterocycles. The molecule has 0 aliphatic carbocycles. The number of nitriles is 1. The number of hydrogen-bond donors (Lipinski definition) is 1. The van der Waals surface area contributed by atoms with E-state index in [0.29, 0.717) is 17.0 Å². The van der Waals surface area contributed by atoms with E-state index in [1.54, 1.807) is 26.8 Å². The second-order valence-electron chi connectivity index (χ2n) is 7.40. The molecule has 8 nitrogen and oxygen atoms in total. The number of aromatic nitrogens is 2. The standard InChI is InChI=1S/C21H21F2N5O3/c1-12(6-17-13(2)27-31-14(17)3)18-9-25-5-4-16(18)20(30)26-10-19(29)28-11-21(22,23)7-15(28)8-24/h4-6,9,15H,7,10-11H2,1-3H3,(H,26,30). The predicted octanol–water partition coefficient (Wildman–Crippen LogP) is 2.74. The summed E-state index contributed by atoms with van der Waals surface area (Å²) in [5.41, 5.74) is 3.02. The first kappa shape index (κ1) is 22.1. The summed E-state index contributed by atoms with van der Waals surface area (Å²) in [6, 6.07) is 2.00. The fraction of sp³-hybridized carbons (Fsp3) is 0.381. The Morgan fingerprint density at radius 3 is 2.81 bits per heavy atom. The molecule has 1 unspecified atom stereocenters. The Kier molecular flexibility index (Phi) is 6.15. The zero-order chi connectivity index (χ0) is 22.8. The monoisotopic (exact) mass is 429 g/mol. The summed E-state index contributed by atoms with van der Waals surface area (Å²) in [6.45, 7) is 4.04. The molecule has 0 radical (unpaired) electrons. The second kappa shape index (κ2) is 8.63. The van der Waals surface area contributed by atoms with Crippen molar-refractivity contribution in [3.8, 4) is 6.07 Å². The van der Waals surface area contributed by atoms with Crippen molar-refractivity contribution < 1.29 is 22.9 Å². The molecule has 3 rings (SSSR count). The molecule has 1 atom stereocenters. The zero-order valence-electron chi connectivity index (χ0n) is 17.3. The van der Waals surface area contributed by atoms with Gasteiger partial charge >= 0.3 is 0 Å². The number of likely N-dealkylation sites (tertiary alicyclic amines) is 1. The van der Waals surface area contributed by atoms with Crippen molar-refractivity contribution in [1.29, 1.82) is 5.26 Å². The van der Waals surface area contributed by atoms with Crippen molar-refractivity contribution in [3.63, 3.8) is 0 Å². The predicted molar refractivity (Wildman–Crippen MR) is 107 cm³/mol. The summed E-state index contributed by atoms with van der Waals surface area (Å²) in [7, 11) is 0. The molecule has 1 fully saturated rings. The lowest BCUT2D eigenvalue weighted by Crippen LogP contribution is -2.43. The molecule has 1 aliphatic heterocycles. The Labute approximate surface area is 177 Å². The summed E-state index contributed by atoms with van der Waals surface area (Å²) < 4.78 is 32.3. The Morgan fingerprint density at radius 2 is 2.16 bits per heavy atom. The van der Waals surface area contributed by atoms with Crippen molar-refractivity contribution in [2.45, 2.75) is 39.2 Å². The Morgan fingerprint density at radius 1 is 1.42 bits per heavy atom. The third-order valence-corrected chi connectivity index (χ3v) is 5.08. The summed E-state index contributed by atoms with van der Waals surface area (Å²) in [5.74, 6) is -3.78. The minimum Gasteiger partial charge on any atom is -0.361 e. The molecule has 0 spiro atoms. The van der Waals surface area contributed by atoms with E-state index in [4.69, 9.17) is 9.78 Å². The van der Waals surface area contributed by atoms with Crippen LogP contribution < -0.4 is 5.32 Å². The van der Waals surface area contributed by atoms with Gasteiger partial charge < -0.3 is 14.7 Å². The molecule has 0 saturated carbocycles. The molecular weight excluding hydrogens is 408 g/mol. The van der Waals surface area contributed by atoms with Gasteiger partial charge in [-0.2, -0.15) is 5.26 Å². The number of alkyl halides is 2. The van der Waals surface area contributed by atoms with E-state index in [1.165, 1.54) is 18.5 Å². The third kappa shape index (κ3) is 4.77. The molecule has 162 valence electrons. The number of nitrogens with zero attached hydrogens (tertiary/aromatic N) is 4. The van der Waals surface area contributed by atoms with Gasteiger partial charge in [-0.3, -0.25) is 14.6 Å². The Bertz CT molecular complexity index is 1070. The zero-order valence-corrected chi connectivity index (χ0v) is 17.3. The highest BCUT2D eigenvalue weighted by Gasteiger charge is 2.47. The number of amides is 2. The average molecular weight is 429 g/mol. The summed E-state index contributed by atoms with van der Waals surface area (Å²) in [4.78, 5) is 29.9. The van der Waals surface area contributed by atoms with E-state index in [1.807, 2.05) is 6.08 Å². The molecule has 1 N–H and O–H groups in total. The van der Waals surface area contributed by atoms with Crippen LogP contribution in [0.25, 0.3) is 11.6 Å². The van der Waals surface area contributed by atoms with Crippen molar-refractivity contribution in [2.75, 3.05) is 13.1 Å². The number of aryl methyl sites for hydroxylation is 2. The van der Waals surface area contributed by atoms with Gasteiger partial charge in [0, 0.05) is 35.5 Å². The molecule has 0 bridgehead atoms. The minimum absolute atomic E-state index is 0.270. The summed E-state index contributed by atoms with van der Waals surface area (Å²) >= 11 is 0. The molecule has 1 saturated heterocycles. The minimum atomic E-state index is -3.11. The fourth-order valence-corrected chi connectivity index (χ4v) is 3.44. The highest BCUT2D eigenvalue weighted by molar-refractivity contribution is 6.01. The largest absolute Gasteiger partial charge is 0.361 e. The van der Waals surface area contributed by atoms with Crippen LogP contribution in [-0.4, -0.2) is 51.9 Å². The lowest BCUT2D eigenvalue weighted by atomic mass is 10.00. The lowest BCUT2D eigenvalue weighted by molar-refractivity contribution is -0.131. The second-order valence-corrected chi connectivity index (χ2v) is 7.40. The van der Waals surface area contributed by atoms with E-state index < -0.39 is 43.3 Å². The number of carbonyl (C=O) groups is 2. The quantitative estimate of drug-likeness (QED) is 0.782. The highest BCUT2D eigenvalue weighted by atomic mass is 19.3. The average Bonchev–Trinajstić information content (AvgIpc) is 3.24. The smallest absolute Gasteiger partial charge is 0.268 e. The molecule has 2 amide bonds. The number of rotatable bonds is 5. The molecular formula is C21H21F2N5O3. The Balaban J connectivity index is 1.75. The van der Waals surface area contributed by atoms with Crippen LogP contribution in [0.5, 0.6) is 0 Å². The van der Waals surface area contributed by atoms with Crippen LogP contribution in [0.3, 0.4) is 0 Å². The van der Waals surface area contributed by atoms with Crippen LogP contribution in [0.15, 0.2) is 23.0 Å². The van der Waals surface area contributed by atoms with E-state index in [0.717, 1.165) is 16.0 Å². The number of hydrogen-bond acceptors (Lipinski definition) is 6. The number of halogens is 2. The van der Waals surface area contributed by atoms with Crippen molar-refractivity contribution in [1.82, 2.24) is 20.4 Å². The third-order valence-electron chi connectivity index (χ3n) is 5.08. The molecule has 10 heteroatoms. The van der Waals surface area contributed by atoms with Crippen molar-refractivity contribution >= 4 is 23.5 Å². The number of carbonyl (C=O) groups excluding carboxylic acids is 2. The van der Waals surface area contributed by atoms with Gasteiger partial charge in [0.15, 0.2) is 0 Å². The van der Waals surface area contributed by atoms with E-state index in [2.05, 4.69) is 15.5 Å². The maximum absolute atomic E-state index is 13.6. The van der Waals surface area contributed by atoms with Gasteiger partial charge in [0.1, 0.15) is 11.8 Å². The maximum Gasteiger partial charge on any atom is 0.268 e. The molecule has 2 aromatic rings. The number of pyridine rings is 1. The van der Waals surface area contributed by atoms with Crippen LogP contribution in [-0.2, 0) is 4.79 Å². The molecule has 1 aliphatic rings. The summed E-state index contributed by atoms with van der Waals surface area (Å²) in [5, 5.41) is 15.4. The lowest BCUT2D eigenvalue weighted by Gasteiger charge is -2.19. The highest BCUT2D eigenvalue weighted by Crippen LogP contribution is 2.31. The van der Waals surface area contributed by atoms with Gasteiger partial charge in [0.25, 0.3) is 11.8 Å². The SMILES string of the molecule is CC(=Cc1c(C)noc1C)c1cnccc1C(=O)NCC(=O)N1CC(F)(F)CC1C#N. The Hall–Kier alpha value is -3.61. The van der Waals surface area contributed by atoms with Crippen LogP contribution in [0.1, 0.15) is 46.3 Å². The maximum atomic E-state index is 13.6. The molecule has 0 aromatic carbocycles. The first-order chi connectivity index (χ1) is 14.6. The fourth-order valence-electron chi connectivity index (χ4n) is 3.44. The van der Waals surface area contributed by atoms with Gasteiger partial charge in [-0.15, -0.1) is 0 Å². The van der Waals surface area contributed by atoms with Crippen LogP contribution in [0.2, 0.25) is 0 Å². The number of nitrogens with one attached hydrogen (secondary N) is 1. The van der Waals surface area contributed by atoms with Crippen molar-refractivity contribution in [3.05, 3.63) is 46.6 Å². The summed E-state index contributed by atoms with van der Waals surface area (Å²) in [6.07, 6.45) is 4.08. The van der Waals surface area contributed by atoms with Gasteiger partial charge in [-0.25, -0.2) is 8.78 Å². The van der Waals surface area contributed by atoms with Gasteiger partial charge in [-0.05, 0) is 38.5 Å². The first-order valence-corrected chi connectivity index (χ1v) is 9.53. The van der Waals surface area contributed by atoms with Crippen molar-refractivity contribution in [2.24, 2.45) is 0 Å². The normalized spacial score (nSPS) is 18.0. The van der Waals surface area contributed by atoms with Crippen LogP contribution in [0.4, 0.5) is 8.78 Å². The van der Waals surface area contributed by atoms with Gasteiger partial charge in [0.2, 0.25) is 5.91 Å². The first-order valence-electron chi connectivity index (χ1n) is 9.53. The number of allylic oxidation sites excluding steroid dienone is 1. The van der Waals surface area contributed by atoms with Gasteiger partial charge in [0.05, 0.1) is 24.9 Å². The van der Waals surface area contributed by atoms with Crippen LogP contribution >= 0.6 is 0 Å². The van der Waals surface area contributed by atoms with E-state index >= 15 is 0 Å². The molecule has 2 aromatic heterocycles. The van der Waals surface area contributed by atoms with Crippen LogP contribution in [0, 0.1) is 25.2 Å². The topological polar surface area (TPSA) is 112 Å².